The third-order valence-corrected chi connectivity index (χ3v) is 5.82. The maximum Gasteiger partial charge on any atom is 0.115 e. The number of fused-ring (bicyclic) bond motifs is 3. The average molecular weight is 315 g/mol. The van der Waals surface area contributed by atoms with Crippen molar-refractivity contribution < 1.29 is 0 Å². The van der Waals surface area contributed by atoms with Gasteiger partial charge in [-0.3, -0.25) is 0 Å². The van der Waals surface area contributed by atoms with Gasteiger partial charge in [-0.05, 0) is 41.4 Å². The first-order valence-electron chi connectivity index (χ1n) is 7.12. The molecule has 4 rings (SSSR count). The second-order valence-corrected chi connectivity index (χ2v) is 6.72. The molecule has 0 saturated carbocycles. The van der Waals surface area contributed by atoms with Gasteiger partial charge in [-0.1, -0.05) is 29.8 Å². The fourth-order valence-electron chi connectivity index (χ4n) is 3.66. The first-order chi connectivity index (χ1) is 10.1. The highest BCUT2D eigenvalue weighted by atomic mass is 35.5. The van der Waals surface area contributed by atoms with E-state index in [0.717, 1.165) is 40.5 Å². The Bertz CT molecular complexity index is 773. The third kappa shape index (κ3) is 1.74. The van der Waals surface area contributed by atoms with Crippen LogP contribution in [0, 0.1) is 5.41 Å². The average Bonchev–Trinajstić information content (AvgIpc) is 2.71. The van der Waals surface area contributed by atoms with Crippen LogP contribution in [0.4, 0.5) is 0 Å². The molecule has 0 saturated heterocycles. The molecule has 0 radical (unpaired) electrons. The molecule has 1 atom stereocenters. The lowest BCUT2D eigenvalue weighted by atomic mass is 9.72. The summed E-state index contributed by atoms with van der Waals surface area (Å²) in [5, 5.41) is 0.968. The van der Waals surface area contributed by atoms with E-state index in [4.69, 9.17) is 24.2 Å². The molecular weight excluding hydrogens is 300 g/mol. The van der Waals surface area contributed by atoms with E-state index in [1.165, 1.54) is 16.7 Å². The van der Waals surface area contributed by atoms with Crippen molar-refractivity contribution in [2.75, 3.05) is 0 Å². The van der Waals surface area contributed by atoms with E-state index in [-0.39, 0.29) is 5.41 Å². The second kappa shape index (κ2) is 4.59. The summed E-state index contributed by atoms with van der Waals surface area (Å²) in [4.78, 5) is 9.66. The van der Waals surface area contributed by atoms with Crippen molar-refractivity contribution in [3.05, 3.63) is 62.6 Å². The molecule has 0 amide bonds. The van der Waals surface area contributed by atoms with Crippen molar-refractivity contribution in [2.45, 2.75) is 26.2 Å². The molecule has 106 valence electrons. The molecule has 3 aliphatic rings. The summed E-state index contributed by atoms with van der Waals surface area (Å²) >= 11 is 11.4. The number of allylic oxidation sites excluding steroid dienone is 7. The standard InChI is InChI=1S/C17H15ClN2S/c1-10-15-12(3-2-4-13(15)18)17(16(10)21)6-5-11-8-19-9-20-14(11)7-17/h3,5-6,8-9,21H,2,4,7H2,1H3/t17-/m1/s1. The third-order valence-electron chi connectivity index (χ3n) is 4.71. The lowest BCUT2D eigenvalue weighted by Crippen LogP contribution is -2.26. The monoisotopic (exact) mass is 314 g/mol. The Balaban J connectivity index is 1.93. The molecule has 3 aliphatic carbocycles. The number of aromatic nitrogens is 2. The van der Waals surface area contributed by atoms with Crippen LogP contribution >= 0.6 is 24.2 Å². The highest BCUT2D eigenvalue weighted by Crippen LogP contribution is 2.58. The summed E-state index contributed by atoms with van der Waals surface area (Å²) < 4.78 is 0. The Morgan fingerprint density at radius 1 is 1.38 bits per heavy atom. The zero-order valence-electron chi connectivity index (χ0n) is 11.7. The smallest absolute Gasteiger partial charge is 0.115 e. The minimum atomic E-state index is -0.190. The zero-order valence-corrected chi connectivity index (χ0v) is 13.4. The number of halogens is 1. The van der Waals surface area contributed by atoms with Crippen LogP contribution in [0.3, 0.4) is 0 Å². The minimum absolute atomic E-state index is 0.190. The van der Waals surface area contributed by atoms with Crippen LogP contribution < -0.4 is 0 Å². The SMILES string of the molecule is CC1=C(S)[C@@]2(C=Cc3cncnc3C2)C2=CCCC(Cl)=C21. The lowest BCUT2D eigenvalue weighted by molar-refractivity contribution is 0.574. The quantitative estimate of drug-likeness (QED) is 0.715. The first-order valence-corrected chi connectivity index (χ1v) is 7.94. The molecule has 0 aliphatic heterocycles. The second-order valence-electron chi connectivity index (χ2n) is 5.82. The Hall–Kier alpha value is -1.32. The molecule has 1 aromatic heterocycles. The van der Waals surface area contributed by atoms with E-state index in [1.807, 2.05) is 6.20 Å². The summed E-state index contributed by atoms with van der Waals surface area (Å²) in [5.74, 6) is 0. The first kappa shape index (κ1) is 13.4. The van der Waals surface area contributed by atoms with Crippen molar-refractivity contribution in [1.29, 1.82) is 0 Å². The highest BCUT2D eigenvalue weighted by Gasteiger charge is 2.46. The Morgan fingerprint density at radius 2 is 2.24 bits per heavy atom. The molecule has 0 bridgehead atoms. The summed E-state index contributed by atoms with van der Waals surface area (Å²) in [6, 6.07) is 0. The van der Waals surface area contributed by atoms with Crippen LogP contribution in [-0.2, 0) is 6.42 Å². The normalized spacial score (nSPS) is 27.1. The van der Waals surface area contributed by atoms with Crippen molar-refractivity contribution in [1.82, 2.24) is 9.97 Å². The van der Waals surface area contributed by atoms with Crippen LogP contribution in [0.5, 0.6) is 0 Å². The van der Waals surface area contributed by atoms with Crippen LogP contribution in [0.25, 0.3) is 6.08 Å². The predicted octanol–water partition coefficient (Wildman–Crippen LogP) is 4.46. The summed E-state index contributed by atoms with van der Waals surface area (Å²) in [6.07, 6.45) is 12.9. The van der Waals surface area contributed by atoms with Gasteiger partial charge in [-0.2, -0.15) is 0 Å². The zero-order chi connectivity index (χ0) is 14.6. The maximum absolute atomic E-state index is 6.50. The molecule has 4 heteroatoms. The van der Waals surface area contributed by atoms with Gasteiger partial charge >= 0.3 is 0 Å². The van der Waals surface area contributed by atoms with Crippen LogP contribution in [-0.4, -0.2) is 9.97 Å². The van der Waals surface area contributed by atoms with Crippen molar-refractivity contribution in [3.63, 3.8) is 0 Å². The topological polar surface area (TPSA) is 25.8 Å². The van der Waals surface area contributed by atoms with Gasteiger partial charge in [-0.15, -0.1) is 12.6 Å². The fraction of sp³-hybridized carbons (Fsp3) is 0.294. The molecule has 0 unspecified atom stereocenters. The number of rotatable bonds is 0. The Kier molecular flexibility index (Phi) is 2.92. The Morgan fingerprint density at radius 3 is 3.10 bits per heavy atom. The Labute approximate surface area is 134 Å². The number of hydrogen-bond donors (Lipinski definition) is 1. The van der Waals surface area contributed by atoms with E-state index in [0.29, 0.717) is 0 Å². The number of nitrogens with zero attached hydrogens (tertiary/aromatic N) is 2. The minimum Gasteiger partial charge on any atom is -0.244 e. The largest absolute Gasteiger partial charge is 0.244 e. The van der Waals surface area contributed by atoms with Gasteiger partial charge in [0.1, 0.15) is 6.33 Å². The maximum atomic E-state index is 6.50. The molecule has 0 fully saturated rings. The molecule has 1 heterocycles. The number of hydrogen-bond acceptors (Lipinski definition) is 3. The van der Waals surface area contributed by atoms with E-state index < -0.39 is 0 Å². The summed E-state index contributed by atoms with van der Waals surface area (Å²) in [7, 11) is 0. The molecule has 1 aromatic rings. The number of thiol groups is 1. The van der Waals surface area contributed by atoms with E-state index in [2.05, 4.69) is 35.1 Å². The molecule has 21 heavy (non-hydrogen) atoms. The van der Waals surface area contributed by atoms with Crippen LogP contribution in [0.15, 0.2) is 51.3 Å². The molecule has 0 N–H and O–H groups in total. The fourth-order valence-corrected chi connectivity index (χ4v) is 4.40. The van der Waals surface area contributed by atoms with Gasteiger partial charge in [0.2, 0.25) is 0 Å². The van der Waals surface area contributed by atoms with Gasteiger partial charge in [0.25, 0.3) is 0 Å². The lowest BCUT2D eigenvalue weighted by Gasteiger charge is -2.33. The highest BCUT2D eigenvalue weighted by molar-refractivity contribution is 7.84. The van der Waals surface area contributed by atoms with Gasteiger partial charge in [0.15, 0.2) is 0 Å². The van der Waals surface area contributed by atoms with E-state index in [1.54, 1.807) is 6.33 Å². The van der Waals surface area contributed by atoms with Crippen LogP contribution in [0.1, 0.15) is 31.0 Å². The molecule has 2 nitrogen and oxygen atoms in total. The molecular formula is C17H15ClN2S. The van der Waals surface area contributed by atoms with Crippen molar-refractivity contribution >= 4 is 30.3 Å². The predicted molar refractivity (Wildman–Crippen MR) is 89.1 cm³/mol. The van der Waals surface area contributed by atoms with Crippen LogP contribution in [0.2, 0.25) is 0 Å². The van der Waals surface area contributed by atoms with E-state index >= 15 is 0 Å². The van der Waals surface area contributed by atoms with Gasteiger partial charge in [0, 0.05) is 23.2 Å². The summed E-state index contributed by atoms with van der Waals surface area (Å²) in [6.45, 7) is 2.12. The van der Waals surface area contributed by atoms with Crippen molar-refractivity contribution in [2.24, 2.45) is 5.41 Å². The van der Waals surface area contributed by atoms with E-state index in [9.17, 15) is 0 Å². The van der Waals surface area contributed by atoms with Gasteiger partial charge in [-0.25, -0.2) is 9.97 Å². The molecule has 0 aromatic carbocycles. The van der Waals surface area contributed by atoms with Crippen molar-refractivity contribution in [3.8, 4) is 0 Å². The van der Waals surface area contributed by atoms with Gasteiger partial charge < -0.3 is 0 Å². The van der Waals surface area contributed by atoms with Gasteiger partial charge in [0.05, 0.1) is 11.1 Å². The molecule has 1 spiro atoms. The summed E-state index contributed by atoms with van der Waals surface area (Å²) in [5.41, 5.74) is 5.70.